The van der Waals surface area contributed by atoms with Gasteiger partial charge in [-0.15, -0.1) is 0 Å². The molecule has 1 aliphatic rings. The minimum Gasteiger partial charge on any atom is -0.337 e. The van der Waals surface area contributed by atoms with E-state index < -0.39 is 5.82 Å². The predicted molar refractivity (Wildman–Crippen MR) is 87.9 cm³/mol. The zero-order chi connectivity index (χ0) is 17.1. The summed E-state index contributed by atoms with van der Waals surface area (Å²) in [5, 5.41) is 2.92. The van der Waals surface area contributed by atoms with Crippen molar-refractivity contribution in [1.82, 2.24) is 24.8 Å². The zero-order valence-electron chi connectivity index (χ0n) is 13.9. The van der Waals surface area contributed by atoms with Crippen LogP contribution in [0.25, 0.3) is 0 Å². The molecule has 0 saturated carbocycles. The number of aromatic nitrogens is 3. The third-order valence-corrected chi connectivity index (χ3v) is 4.62. The van der Waals surface area contributed by atoms with E-state index in [9.17, 15) is 9.18 Å². The molecule has 0 aliphatic carbocycles. The number of piperidine rings is 1. The molecule has 3 heterocycles. The molecule has 1 atom stereocenters. The van der Waals surface area contributed by atoms with Gasteiger partial charge in [0, 0.05) is 44.1 Å². The Hall–Kier alpha value is -2.44. The van der Waals surface area contributed by atoms with Gasteiger partial charge in [-0.3, -0.25) is 4.98 Å². The van der Waals surface area contributed by atoms with E-state index in [4.69, 9.17) is 0 Å². The maximum Gasteiger partial charge on any atom is 0.317 e. The molecule has 2 amide bonds. The van der Waals surface area contributed by atoms with Gasteiger partial charge < -0.3 is 14.8 Å². The molecular formula is C17H22FN5O. The third-order valence-electron chi connectivity index (χ3n) is 4.62. The fourth-order valence-corrected chi connectivity index (χ4v) is 3.16. The van der Waals surface area contributed by atoms with E-state index in [1.165, 1.54) is 11.8 Å². The standard InChI is InChI=1S/C17H22FN5O/c1-12(14-7-15(18)9-19-8-14)21-17(24)23-5-3-13(4-6-23)16-10-20-11-22(16)2/h7-13H,3-6H2,1-2H3,(H,21,24)/t12-/m0/s1. The van der Waals surface area contributed by atoms with Gasteiger partial charge in [0.15, 0.2) is 0 Å². The van der Waals surface area contributed by atoms with Crippen LogP contribution >= 0.6 is 0 Å². The number of urea groups is 1. The lowest BCUT2D eigenvalue weighted by atomic mass is 9.94. The Morgan fingerprint density at radius 3 is 2.67 bits per heavy atom. The van der Waals surface area contributed by atoms with Gasteiger partial charge in [0.25, 0.3) is 0 Å². The zero-order valence-corrected chi connectivity index (χ0v) is 13.9. The van der Waals surface area contributed by atoms with Crippen molar-refractivity contribution in [2.45, 2.75) is 31.7 Å². The molecule has 0 bridgehead atoms. The number of amides is 2. The van der Waals surface area contributed by atoms with Crippen molar-refractivity contribution in [2.75, 3.05) is 13.1 Å². The average Bonchev–Trinajstić information content (AvgIpc) is 3.01. The summed E-state index contributed by atoms with van der Waals surface area (Å²) in [6.07, 6.45) is 8.28. The molecule has 0 spiro atoms. The number of pyridine rings is 1. The number of rotatable bonds is 3. The number of carbonyl (C=O) groups is 1. The maximum absolute atomic E-state index is 13.2. The van der Waals surface area contributed by atoms with Crippen LogP contribution in [0.15, 0.2) is 31.0 Å². The first-order valence-corrected chi connectivity index (χ1v) is 8.16. The molecule has 1 aliphatic heterocycles. The largest absolute Gasteiger partial charge is 0.337 e. The van der Waals surface area contributed by atoms with E-state index in [1.807, 2.05) is 36.0 Å². The highest BCUT2D eigenvalue weighted by Gasteiger charge is 2.26. The van der Waals surface area contributed by atoms with Crippen LogP contribution in [-0.4, -0.2) is 38.6 Å². The fourth-order valence-electron chi connectivity index (χ4n) is 3.16. The highest BCUT2D eigenvalue weighted by Crippen LogP contribution is 2.27. The Morgan fingerprint density at radius 2 is 2.04 bits per heavy atom. The summed E-state index contributed by atoms with van der Waals surface area (Å²) in [6.45, 7) is 3.24. The molecule has 2 aromatic heterocycles. The molecular weight excluding hydrogens is 309 g/mol. The van der Waals surface area contributed by atoms with Crippen LogP contribution in [0.2, 0.25) is 0 Å². The van der Waals surface area contributed by atoms with Gasteiger partial charge in [-0.05, 0) is 31.4 Å². The van der Waals surface area contributed by atoms with Gasteiger partial charge in [0.05, 0.1) is 18.6 Å². The molecule has 0 aromatic carbocycles. The number of nitrogens with zero attached hydrogens (tertiary/aromatic N) is 4. The molecule has 1 N–H and O–H groups in total. The first-order valence-electron chi connectivity index (χ1n) is 8.16. The number of aryl methyl sites for hydroxylation is 1. The molecule has 0 unspecified atom stereocenters. The number of hydrogen-bond acceptors (Lipinski definition) is 3. The molecule has 1 saturated heterocycles. The van der Waals surface area contributed by atoms with Gasteiger partial charge in [-0.1, -0.05) is 0 Å². The molecule has 2 aromatic rings. The van der Waals surface area contributed by atoms with Crippen molar-refractivity contribution in [2.24, 2.45) is 7.05 Å². The molecule has 3 rings (SSSR count). The number of carbonyl (C=O) groups excluding carboxylic acids is 1. The van der Waals surface area contributed by atoms with Crippen LogP contribution in [0, 0.1) is 5.82 Å². The minimum absolute atomic E-state index is 0.116. The third kappa shape index (κ3) is 3.55. The Kier molecular flexibility index (Phi) is 4.78. The first kappa shape index (κ1) is 16.4. The molecule has 0 radical (unpaired) electrons. The van der Waals surface area contributed by atoms with Gasteiger partial charge >= 0.3 is 6.03 Å². The second-order valence-electron chi connectivity index (χ2n) is 6.30. The van der Waals surface area contributed by atoms with Gasteiger partial charge in [-0.25, -0.2) is 14.2 Å². The monoisotopic (exact) mass is 331 g/mol. The number of halogens is 1. The molecule has 1 fully saturated rings. The summed E-state index contributed by atoms with van der Waals surface area (Å²) < 4.78 is 15.3. The number of hydrogen-bond donors (Lipinski definition) is 1. The summed E-state index contributed by atoms with van der Waals surface area (Å²) in [5.74, 6) is 0.0389. The first-order chi connectivity index (χ1) is 11.5. The van der Waals surface area contributed by atoms with E-state index in [2.05, 4.69) is 15.3 Å². The van der Waals surface area contributed by atoms with Crippen molar-refractivity contribution in [3.8, 4) is 0 Å². The minimum atomic E-state index is -0.398. The quantitative estimate of drug-likeness (QED) is 0.940. The highest BCUT2D eigenvalue weighted by molar-refractivity contribution is 5.74. The smallest absolute Gasteiger partial charge is 0.317 e. The van der Waals surface area contributed by atoms with Crippen molar-refractivity contribution in [1.29, 1.82) is 0 Å². The Labute approximate surface area is 140 Å². The lowest BCUT2D eigenvalue weighted by Crippen LogP contribution is -2.45. The van der Waals surface area contributed by atoms with Crippen LogP contribution in [0.5, 0.6) is 0 Å². The van der Waals surface area contributed by atoms with Crippen LogP contribution < -0.4 is 5.32 Å². The van der Waals surface area contributed by atoms with E-state index in [0.717, 1.165) is 19.0 Å². The van der Waals surface area contributed by atoms with Crippen molar-refractivity contribution < 1.29 is 9.18 Å². The van der Waals surface area contributed by atoms with Crippen molar-refractivity contribution in [3.63, 3.8) is 0 Å². The summed E-state index contributed by atoms with van der Waals surface area (Å²) >= 11 is 0. The van der Waals surface area contributed by atoms with E-state index in [-0.39, 0.29) is 12.1 Å². The Balaban J connectivity index is 1.54. The molecule has 128 valence electrons. The molecule has 24 heavy (non-hydrogen) atoms. The van der Waals surface area contributed by atoms with Crippen LogP contribution in [0.1, 0.15) is 43.0 Å². The molecule has 7 heteroatoms. The van der Waals surface area contributed by atoms with Gasteiger partial charge in [0.1, 0.15) is 5.82 Å². The van der Waals surface area contributed by atoms with Gasteiger partial charge in [0.2, 0.25) is 0 Å². The predicted octanol–water partition coefficient (Wildman–Crippen LogP) is 2.60. The number of imidazole rings is 1. The molecule has 6 nitrogen and oxygen atoms in total. The van der Waals surface area contributed by atoms with Crippen LogP contribution in [0.3, 0.4) is 0 Å². The summed E-state index contributed by atoms with van der Waals surface area (Å²) in [7, 11) is 2.00. The van der Waals surface area contributed by atoms with Crippen molar-refractivity contribution >= 4 is 6.03 Å². The lowest BCUT2D eigenvalue weighted by molar-refractivity contribution is 0.177. The second-order valence-corrected chi connectivity index (χ2v) is 6.30. The van der Waals surface area contributed by atoms with E-state index in [1.54, 1.807) is 6.20 Å². The van der Waals surface area contributed by atoms with Crippen LogP contribution in [0.4, 0.5) is 9.18 Å². The second kappa shape index (κ2) is 6.98. The Bertz CT molecular complexity index is 709. The van der Waals surface area contributed by atoms with E-state index >= 15 is 0 Å². The van der Waals surface area contributed by atoms with E-state index in [0.29, 0.717) is 24.6 Å². The topological polar surface area (TPSA) is 63.1 Å². The maximum atomic E-state index is 13.2. The van der Waals surface area contributed by atoms with Crippen LogP contribution in [-0.2, 0) is 7.05 Å². The average molecular weight is 331 g/mol. The number of nitrogens with one attached hydrogen (secondary N) is 1. The summed E-state index contributed by atoms with van der Waals surface area (Å²) in [6, 6.07) is 0.998. The lowest BCUT2D eigenvalue weighted by Gasteiger charge is -2.33. The SMILES string of the molecule is C[C@H](NC(=O)N1CCC(c2cncn2C)CC1)c1cncc(F)c1. The van der Waals surface area contributed by atoms with Gasteiger partial charge in [-0.2, -0.15) is 0 Å². The van der Waals surface area contributed by atoms with Crippen molar-refractivity contribution in [3.05, 3.63) is 48.1 Å². The summed E-state index contributed by atoms with van der Waals surface area (Å²) in [5.41, 5.74) is 1.88. The fraction of sp³-hybridized carbons (Fsp3) is 0.471. The number of likely N-dealkylation sites (tertiary alicyclic amines) is 1. The Morgan fingerprint density at radius 1 is 1.29 bits per heavy atom. The normalized spacial score (nSPS) is 16.9. The highest BCUT2D eigenvalue weighted by atomic mass is 19.1. The summed E-state index contributed by atoms with van der Waals surface area (Å²) in [4.78, 5) is 22.2.